The van der Waals surface area contributed by atoms with Gasteiger partial charge in [-0.15, -0.1) is 0 Å². The smallest absolute Gasteiger partial charge is 0.337 e. The van der Waals surface area contributed by atoms with Crippen molar-refractivity contribution in [2.45, 2.75) is 0 Å². The highest BCUT2D eigenvalue weighted by Crippen LogP contribution is 2.10. The van der Waals surface area contributed by atoms with E-state index in [1.165, 1.54) is 7.11 Å². The summed E-state index contributed by atoms with van der Waals surface area (Å²) in [5, 5.41) is 11.3. The van der Waals surface area contributed by atoms with Crippen molar-refractivity contribution in [1.82, 2.24) is 0 Å². The first-order chi connectivity index (χ1) is 6.27. The molecule has 0 spiro atoms. The molecule has 0 radical (unpaired) electrons. The van der Waals surface area contributed by atoms with Crippen molar-refractivity contribution >= 4 is 11.7 Å². The molecule has 0 bridgehead atoms. The maximum atomic E-state index is 11.1. The number of hydrogen-bond donors (Lipinski definition) is 2. The van der Waals surface area contributed by atoms with Crippen LogP contribution in [0.2, 0.25) is 0 Å². The molecule has 1 rings (SSSR count). The SMILES string of the molecule is COC(=O)c1cccc(NCO)c1. The minimum Gasteiger partial charge on any atom is -0.465 e. The molecule has 13 heavy (non-hydrogen) atoms. The molecule has 1 aromatic rings. The molecule has 0 atom stereocenters. The summed E-state index contributed by atoms with van der Waals surface area (Å²) in [5.41, 5.74) is 1.14. The number of benzene rings is 1. The molecule has 0 aliphatic rings. The van der Waals surface area contributed by atoms with Crippen LogP contribution in [-0.4, -0.2) is 24.9 Å². The molecule has 2 N–H and O–H groups in total. The van der Waals surface area contributed by atoms with Crippen LogP contribution < -0.4 is 5.32 Å². The van der Waals surface area contributed by atoms with Crippen molar-refractivity contribution in [2.75, 3.05) is 19.2 Å². The van der Waals surface area contributed by atoms with Gasteiger partial charge in [0.1, 0.15) is 6.73 Å². The van der Waals surface area contributed by atoms with Crippen LogP contribution in [-0.2, 0) is 4.74 Å². The second kappa shape index (κ2) is 4.47. The van der Waals surface area contributed by atoms with Crippen molar-refractivity contribution in [3.05, 3.63) is 29.8 Å². The van der Waals surface area contributed by atoms with E-state index >= 15 is 0 Å². The van der Waals surface area contributed by atoms with Crippen molar-refractivity contribution in [1.29, 1.82) is 0 Å². The number of anilines is 1. The van der Waals surface area contributed by atoms with E-state index in [0.29, 0.717) is 11.3 Å². The van der Waals surface area contributed by atoms with Gasteiger partial charge in [0.25, 0.3) is 0 Å². The number of aliphatic hydroxyl groups is 1. The van der Waals surface area contributed by atoms with Crippen LogP contribution in [0.5, 0.6) is 0 Å². The Bertz CT molecular complexity index is 299. The van der Waals surface area contributed by atoms with E-state index in [-0.39, 0.29) is 12.7 Å². The maximum absolute atomic E-state index is 11.1. The molecule has 0 saturated heterocycles. The number of aliphatic hydroxyl groups excluding tert-OH is 1. The topological polar surface area (TPSA) is 58.6 Å². The Kier molecular flexibility index (Phi) is 3.28. The van der Waals surface area contributed by atoms with Gasteiger partial charge in [0.05, 0.1) is 12.7 Å². The number of carbonyl (C=O) groups excluding carboxylic acids is 1. The molecule has 70 valence electrons. The first-order valence-corrected chi connectivity index (χ1v) is 3.81. The van der Waals surface area contributed by atoms with E-state index in [4.69, 9.17) is 5.11 Å². The Labute approximate surface area is 76.1 Å². The highest BCUT2D eigenvalue weighted by atomic mass is 16.5. The van der Waals surface area contributed by atoms with E-state index in [9.17, 15) is 4.79 Å². The van der Waals surface area contributed by atoms with Gasteiger partial charge in [-0.2, -0.15) is 0 Å². The number of nitrogens with one attached hydrogen (secondary N) is 1. The number of hydrogen-bond acceptors (Lipinski definition) is 4. The molecule has 0 fully saturated rings. The summed E-state index contributed by atoms with van der Waals surface area (Å²) < 4.78 is 4.54. The number of rotatable bonds is 3. The van der Waals surface area contributed by atoms with E-state index in [1.807, 2.05) is 0 Å². The van der Waals surface area contributed by atoms with Crippen LogP contribution in [0, 0.1) is 0 Å². The highest BCUT2D eigenvalue weighted by Gasteiger charge is 2.04. The predicted octanol–water partition coefficient (Wildman–Crippen LogP) is 0.835. The molecule has 0 aliphatic heterocycles. The molecule has 0 aromatic heterocycles. The molecule has 0 unspecified atom stereocenters. The Morgan fingerprint density at radius 1 is 1.62 bits per heavy atom. The van der Waals surface area contributed by atoms with Gasteiger partial charge in [0.15, 0.2) is 0 Å². The maximum Gasteiger partial charge on any atom is 0.337 e. The predicted molar refractivity (Wildman–Crippen MR) is 48.5 cm³/mol. The van der Waals surface area contributed by atoms with Gasteiger partial charge in [0.2, 0.25) is 0 Å². The molecule has 4 nitrogen and oxygen atoms in total. The lowest BCUT2D eigenvalue weighted by Gasteiger charge is -2.03. The zero-order valence-electron chi connectivity index (χ0n) is 7.28. The van der Waals surface area contributed by atoms with Gasteiger partial charge in [-0.1, -0.05) is 6.07 Å². The summed E-state index contributed by atoms with van der Waals surface area (Å²) in [6.07, 6.45) is 0. The largest absolute Gasteiger partial charge is 0.465 e. The van der Waals surface area contributed by atoms with Crippen molar-refractivity contribution in [3.8, 4) is 0 Å². The van der Waals surface area contributed by atoms with E-state index < -0.39 is 0 Å². The first-order valence-electron chi connectivity index (χ1n) is 3.81. The number of ether oxygens (including phenoxy) is 1. The quantitative estimate of drug-likeness (QED) is 0.535. The average Bonchev–Trinajstić information content (AvgIpc) is 2.18. The fourth-order valence-corrected chi connectivity index (χ4v) is 0.965. The van der Waals surface area contributed by atoms with Gasteiger partial charge in [-0.3, -0.25) is 0 Å². The number of carbonyl (C=O) groups is 1. The molecule has 4 heteroatoms. The second-order valence-corrected chi connectivity index (χ2v) is 2.41. The molecule has 0 amide bonds. The van der Waals surface area contributed by atoms with Gasteiger partial charge >= 0.3 is 5.97 Å². The van der Waals surface area contributed by atoms with Gasteiger partial charge < -0.3 is 15.2 Å². The summed E-state index contributed by atoms with van der Waals surface area (Å²) in [6, 6.07) is 6.73. The van der Waals surface area contributed by atoms with Crippen LogP contribution in [0.3, 0.4) is 0 Å². The minimum absolute atomic E-state index is 0.162. The van der Waals surface area contributed by atoms with Crippen molar-refractivity contribution in [2.24, 2.45) is 0 Å². The standard InChI is InChI=1S/C9H11NO3/c1-13-9(12)7-3-2-4-8(5-7)10-6-11/h2-5,10-11H,6H2,1H3. The summed E-state index contributed by atoms with van der Waals surface area (Å²) in [6.45, 7) is -0.162. The lowest BCUT2D eigenvalue weighted by molar-refractivity contribution is 0.0601. The summed E-state index contributed by atoms with van der Waals surface area (Å²) in [5.74, 6) is -0.387. The molecule has 1 aromatic carbocycles. The van der Waals surface area contributed by atoms with Crippen LogP contribution in [0.15, 0.2) is 24.3 Å². The van der Waals surface area contributed by atoms with E-state index in [1.54, 1.807) is 24.3 Å². The fraction of sp³-hybridized carbons (Fsp3) is 0.222. The van der Waals surface area contributed by atoms with E-state index in [2.05, 4.69) is 10.1 Å². The molecule has 0 heterocycles. The molecule has 0 aliphatic carbocycles. The van der Waals surface area contributed by atoms with Gasteiger partial charge in [-0.25, -0.2) is 4.79 Å². The Balaban J connectivity index is 2.85. The average molecular weight is 181 g/mol. The van der Waals surface area contributed by atoms with E-state index in [0.717, 1.165) is 0 Å². The summed E-state index contributed by atoms with van der Waals surface area (Å²) in [4.78, 5) is 11.1. The summed E-state index contributed by atoms with van der Waals surface area (Å²) in [7, 11) is 1.33. The normalized spacial score (nSPS) is 9.38. The fourth-order valence-electron chi connectivity index (χ4n) is 0.965. The number of esters is 1. The highest BCUT2D eigenvalue weighted by molar-refractivity contribution is 5.90. The third kappa shape index (κ3) is 2.45. The second-order valence-electron chi connectivity index (χ2n) is 2.41. The first kappa shape index (κ1) is 9.54. The Morgan fingerprint density at radius 3 is 3.00 bits per heavy atom. The van der Waals surface area contributed by atoms with Gasteiger partial charge in [-0.05, 0) is 18.2 Å². The van der Waals surface area contributed by atoms with Crippen LogP contribution in [0.25, 0.3) is 0 Å². The zero-order chi connectivity index (χ0) is 9.68. The molecular formula is C9H11NO3. The van der Waals surface area contributed by atoms with Crippen molar-refractivity contribution < 1.29 is 14.6 Å². The van der Waals surface area contributed by atoms with Crippen LogP contribution in [0.1, 0.15) is 10.4 Å². The third-order valence-corrected chi connectivity index (χ3v) is 1.57. The Morgan fingerprint density at radius 2 is 2.38 bits per heavy atom. The number of methoxy groups -OCH3 is 1. The van der Waals surface area contributed by atoms with Gasteiger partial charge in [0, 0.05) is 5.69 Å². The van der Waals surface area contributed by atoms with Crippen molar-refractivity contribution in [3.63, 3.8) is 0 Å². The lowest BCUT2D eigenvalue weighted by Crippen LogP contribution is -2.04. The monoisotopic (exact) mass is 181 g/mol. The summed E-state index contributed by atoms with van der Waals surface area (Å²) >= 11 is 0. The Hall–Kier alpha value is -1.55. The molecular weight excluding hydrogens is 170 g/mol. The van der Waals surface area contributed by atoms with Crippen LogP contribution in [0.4, 0.5) is 5.69 Å². The van der Waals surface area contributed by atoms with Crippen LogP contribution >= 0.6 is 0 Å². The third-order valence-electron chi connectivity index (χ3n) is 1.57. The lowest BCUT2D eigenvalue weighted by atomic mass is 10.2. The molecule has 0 saturated carbocycles. The minimum atomic E-state index is -0.387. The zero-order valence-corrected chi connectivity index (χ0v) is 7.28.